The summed E-state index contributed by atoms with van der Waals surface area (Å²) in [5, 5.41) is 6.09. The number of carbonyl (C=O) groups is 1. The Morgan fingerprint density at radius 1 is 1.18 bits per heavy atom. The van der Waals surface area contributed by atoms with E-state index in [9.17, 15) is 4.79 Å². The van der Waals surface area contributed by atoms with Crippen molar-refractivity contribution in [2.75, 3.05) is 11.9 Å². The summed E-state index contributed by atoms with van der Waals surface area (Å²) in [6.07, 6.45) is 0.998. The van der Waals surface area contributed by atoms with Gasteiger partial charge in [-0.15, -0.1) is 0 Å². The van der Waals surface area contributed by atoms with Crippen molar-refractivity contribution in [2.24, 2.45) is 0 Å². The van der Waals surface area contributed by atoms with Crippen molar-refractivity contribution < 1.29 is 4.79 Å². The predicted octanol–water partition coefficient (Wildman–Crippen LogP) is 2.85. The number of nitrogens with zero attached hydrogens (tertiary/aromatic N) is 2. The van der Waals surface area contributed by atoms with Crippen LogP contribution in [0.25, 0.3) is 0 Å². The number of hydrogen-bond donors (Lipinski definition) is 2. The molecule has 0 bridgehead atoms. The number of carbonyl (C=O) groups excluding carboxylic acids is 1. The standard InChI is InChI=1S/C17H22N4O/c1-4-9-18-16-10-15(20-13(3)21-16)17(22)19-11-14-8-6-5-7-12(14)2/h5-8,10H,4,9,11H2,1-3H3,(H,19,22)(H,18,20,21). The van der Waals surface area contributed by atoms with E-state index in [1.807, 2.05) is 31.2 Å². The Morgan fingerprint density at radius 2 is 1.95 bits per heavy atom. The lowest BCUT2D eigenvalue weighted by atomic mass is 10.1. The average Bonchev–Trinajstić information content (AvgIpc) is 2.51. The van der Waals surface area contributed by atoms with Gasteiger partial charge in [-0.3, -0.25) is 4.79 Å². The first-order valence-corrected chi connectivity index (χ1v) is 7.52. The third-order valence-corrected chi connectivity index (χ3v) is 3.33. The van der Waals surface area contributed by atoms with Crippen molar-refractivity contribution in [3.8, 4) is 0 Å². The van der Waals surface area contributed by atoms with Gasteiger partial charge in [0.2, 0.25) is 0 Å². The number of anilines is 1. The first kappa shape index (κ1) is 15.9. The van der Waals surface area contributed by atoms with Crippen LogP contribution in [0.2, 0.25) is 0 Å². The first-order chi connectivity index (χ1) is 10.6. The summed E-state index contributed by atoms with van der Waals surface area (Å²) < 4.78 is 0. The summed E-state index contributed by atoms with van der Waals surface area (Å²) in [4.78, 5) is 20.8. The van der Waals surface area contributed by atoms with Crippen LogP contribution in [0.4, 0.5) is 5.82 Å². The Hall–Kier alpha value is -2.43. The van der Waals surface area contributed by atoms with Crippen LogP contribution < -0.4 is 10.6 Å². The lowest BCUT2D eigenvalue weighted by molar-refractivity contribution is 0.0945. The highest BCUT2D eigenvalue weighted by Crippen LogP contribution is 2.09. The summed E-state index contributed by atoms with van der Waals surface area (Å²) in [6, 6.07) is 9.68. The highest BCUT2D eigenvalue weighted by Gasteiger charge is 2.10. The molecule has 0 fully saturated rings. The second kappa shape index (κ2) is 7.54. The van der Waals surface area contributed by atoms with E-state index in [2.05, 4.69) is 27.5 Å². The van der Waals surface area contributed by atoms with Gasteiger partial charge in [-0.25, -0.2) is 9.97 Å². The summed E-state index contributed by atoms with van der Waals surface area (Å²) in [5.74, 6) is 1.09. The van der Waals surface area contributed by atoms with E-state index < -0.39 is 0 Å². The molecule has 0 saturated carbocycles. The van der Waals surface area contributed by atoms with Crippen molar-refractivity contribution in [3.63, 3.8) is 0 Å². The minimum Gasteiger partial charge on any atom is -0.370 e. The van der Waals surface area contributed by atoms with Gasteiger partial charge in [-0.05, 0) is 31.4 Å². The molecule has 116 valence electrons. The van der Waals surface area contributed by atoms with Gasteiger partial charge in [0.1, 0.15) is 17.3 Å². The van der Waals surface area contributed by atoms with Gasteiger partial charge in [0.25, 0.3) is 5.91 Å². The number of amides is 1. The van der Waals surface area contributed by atoms with Gasteiger partial charge in [0.15, 0.2) is 0 Å². The lowest BCUT2D eigenvalue weighted by Gasteiger charge is -2.09. The average molecular weight is 298 g/mol. The normalized spacial score (nSPS) is 10.3. The molecule has 1 aromatic heterocycles. The van der Waals surface area contributed by atoms with Gasteiger partial charge < -0.3 is 10.6 Å². The fourth-order valence-electron chi connectivity index (χ4n) is 2.10. The highest BCUT2D eigenvalue weighted by molar-refractivity contribution is 5.92. The van der Waals surface area contributed by atoms with E-state index in [-0.39, 0.29) is 5.91 Å². The SMILES string of the molecule is CCCNc1cc(C(=O)NCc2ccccc2C)nc(C)n1. The number of aryl methyl sites for hydroxylation is 2. The molecular weight excluding hydrogens is 276 g/mol. The van der Waals surface area contributed by atoms with Gasteiger partial charge in [0, 0.05) is 19.2 Å². The Balaban J connectivity index is 2.06. The topological polar surface area (TPSA) is 66.9 Å². The fourth-order valence-corrected chi connectivity index (χ4v) is 2.10. The second-order valence-electron chi connectivity index (χ2n) is 5.22. The Kier molecular flexibility index (Phi) is 5.47. The molecule has 1 aromatic carbocycles. The second-order valence-corrected chi connectivity index (χ2v) is 5.22. The molecule has 0 radical (unpaired) electrons. The van der Waals surface area contributed by atoms with Crippen LogP contribution >= 0.6 is 0 Å². The van der Waals surface area contributed by atoms with Crippen LogP contribution in [0.15, 0.2) is 30.3 Å². The molecule has 5 heteroatoms. The highest BCUT2D eigenvalue weighted by atomic mass is 16.1. The molecule has 2 rings (SSSR count). The van der Waals surface area contributed by atoms with E-state index >= 15 is 0 Å². The van der Waals surface area contributed by atoms with Crippen molar-refractivity contribution >= 4 is 11.7 Å². The minimum absolute atomic E-state index is 0.187. The molecule has 0 spiro atoms. The third-order valence-electron chi connectivity index (χ3n) is 3.33. The Bertz CT molecular complexity index is 655. The molecule has 5 nitrogen and oxygen atoms in total. The van der Waals surface area contributed by atoms with E-state index in [4.69, 9.17) is 0 Å². The molecule has 0 saturated heterocycles. The smallest absolute Gasteiger partial charge is 0.270 e. The molecule has 2 aromatic rings. The number of benzene rings is 1. The fraction of sp³-hybridized carbons (Fsp3) is 0.353. The van der Waals surface area contributed by atoms with Crippen LogP contribution in [-0.4, -0.2) is 22.4 Å². The maximum Gasteiger partial charge on any atom is 0.270 e. The van der Waals surface area contributed by atoms with E-state index in [1.165, 1.54) is 0 Å². The predicted molar refractivity (Wildman–Crippen MR) is 87.9 cm³/mol. The van der Waals surface area contributed by atoms with Crippen LogP contribution in [-0.2, 0) is 6.54 Å². The molecule has 0 atom stereocenters. The zero-order valence-corrected chi connectivity index (χ0v) is 13.3. The third kappa shape index (κ3) is 4.28. The van der Waals surface area contributed by atoms with Crippen LogP contribution in [0.5, 0.6) is 0 Å². The van der Waals surface area contributed by atoms with Gasteiger partial charge in [-0.2, -0.15) is 0 Å². The molecule has 0 aliphatic heterocycles. The van der Waals surface area contributed by atoms with Crippen molar-refractivity contribution in [2.45, 2.75) is 33.7 Å². The monoisotopic (exact) mass is 298 g/mol. The molecule has 0 aliphatic rings. The summed E-state index contributed by atoms with van der Waals surface area (Å²) in [5.41, 5.74) is 2.65. The molecular formula is C17H22N4O. The Morgan fingerprint density at radius 3 is 2.68 bits per heavy atom. The van der Waals surface area contributed by atoms with E-state index in [1.54, 1.807) is 13.0 Å². The van der Waals surface area contributed by atoms with Crippen LogP contribution in [0.3, 0.4) is 0 Å². The molecule has 0 aliphatic carbocycles. The maximum atomic E-state index is 12.3. The summed E-state index contributed by atoms with van der Waals surface area (Å²) >= 11 is 0. The largest absolute Gasteiger partial charge is 0.370 e. The zero-order chi connectivity index (χ0) is 15.9. The van der Waals surface area contributed by atoms with Crippen LogP contribution in [0, 0.1) is 13.8 Å². The van der Waals surface area contributed by atoms with Gasteiger partial charge >= 0.3 is 0 Å². The molecule has 2 N–H and O–H groups in total. The van der Waals surface area contributed by atoms with E-state index in [0.717, 1.165) is 24.1 Å². The molecule has 0 unspecified atom stereocenters. The van der Waals surface area contributed by atoms with Gasteiger partial charge in [0.05, 0.1) is 0 Å². The first-order valence-electron chi connectivity index (χ1n) is 7.52. The minimum atomic E-state index is -0.187. The molecule has 22 heavy (non-hydrogen) atoms. The lowest BCUT2D eigenvalue weighted by Crippen LogP contribution is -2.25. The van der Waals surface area contributed by atoms with Crippen molar-refractivity contribution in [1.82, 2.24) is 15.3 Å². The quantitative estimate of drug-likeness (QED) is 0.860. The molecule has 1 heterocycles. The maximum absolute atomic E-state index is 12.3. The molecule has 1 amide bonds. The van der Waals surface area contributed by atoms with Crippen LogP contribution in [0.1, 0.15) is 40.8 Å². The Labute approximate surface area is 131 Å². The number of hydrogen-bond acceptors (Lipinski definition) is 4. The number of rotatable bonds is 6. The van der Waals surface area contributed by atoms with Gasteiger partial charge in [-0.1, -0.05) is 31.2 Å². The number of aromatic nitrogens is 2. The van der Waals surface area contributed by atoms with Crippen molar-refractivity contribution in [1.29, 1.82) is 0 Å². The summed E-state index contributed by atoms with van der Waals surface area (Å²) in [6.45, 7) is 7.21. The van der Waals surface area contributed by atoms with E-state index in [0.29, 0.717) is 23.9 Å². The van der Waals surface area contributed by atoms with Crippen molar-refractivity contribution in [3.05, 3.63) is 53.0 Å². The number of nitrogens with one attached hydrogen (secondary N) is 2. The summed E-state index contributed by atoms with van der Waals surface area (Å²) in [7, 11) is 0. The zero-order valence-electron chi connectivity index (χ0n) is 13.3.